The van der Waals surface area contributed by atoms with Crippen LogP contribution in [0.25, 0.3) is 0 Å². The number of methoxy groups -OCH3 is 1. The molecule has 0 saturated carbocycles. The average Bonchev–Trinajstić information content (AvgIpc) is 2.62. The predicted molar refractivity (Wildman–Crippen MR) is 89.6 cm³/mol. The van der Waals surface area contributed by atoms with E-state index in [4.69, 9.17) is 21.6 Å². The first-order valence-corrected chi connectivity index (χ1v) is 7.54. The first kappa shape index (κ1) is 17.5. The number of hydrogen-bond donors (Lipinski definition) is 1. The number of carbonyl (C=O) groups is 2. The second-order valence-corrected chi connectivity index (χ2v) is 5.51. The number of amides is 1. The number of hydrogen-bond acceptors (Lipinski definition) is 4. The third kappa shape index (κ3) is 4.58. The number of benzene rings is 2. The second kappa shape index (κ2) is 8.14. The molecular weight excluding hydrogens is 328 g/mol. The second-order valence-electron chi connectivity index (χ2n) is 5.07. The minimum atomic E-state index is -0.820. The zero-order chi connectivity index (χ0) is 17.5. The summed E-state index contributed by atoms with van der Waals surface area (Å²) in [5.41, 5.74) is 1.66. The highest BCUT2D eigenvalue weighted by Crippen LogP contribution is 2.12. The van der Waals surface area contributed by atoms with Crippen molar-refractivity contribution in [2.24, 2.45) is 0 Å². The Kier molecular flexibility index (Phi) is 5.94. The molecule has 0 fully saturated rings. The minimum Gasteiger partial charge on any atom is -0.467 e. The molecule has 2 aromatic carbocycles. The van der Waals surface area contributed by atoms with Crippen LogP contribution in [0.4, 0.5) is 0 Å². The quantitative estimate of drug-likeness (QED) is 0.847. The Hall–Kier alpha value is -2.84. The summed E-state index contributed by atoms with van der Waals surface area (Å²) in [6.07, 6.45) is 0.284. The molecule has 122 valence electrons. The van der Waals surface area contributed by atoms with Gasteiger partial charge in [-0.25, -0.2) is 4.79 Å². The number of nitrogens with zero attached hydrogens (tertiary/aromatic N) is 1. The van der Waals surface area contributed by atoms with Crippen LogP contribution in [0.2, 0.25) is 5.02 Å². The highest BCUT2D eigenvalue weighted by atomic mass is 35.5. The van der Waals surface area contributed by atoms with Crippen molar-refractivity contribution in [2.75, 3.05) is 7.11 Å². The fourth-order valence-electron chi connectivity index (χ4n) is 2.13. The van der Waals surface area contributed by atoms with Crippen LogP contribution < -0.4 is 5.32 Å². The van der Waals surface area contributed by atoms with E-state index in [1.165, 1.54) is 19.2 Å². The fourth-order valence-corrected chi connectivity index (χ4v) is 2.26. The highest BCUT2D eigenvalue weighted by Gasteiger charge is 2.22. The van der Waals surface area contributed by atoms with E-state index in [0.29, 0.717) is 16.1 Å². The zero-order valence-electron chi connectivity index (χ0n) is 13.0. The van der Waals surface area contributed by atoms with Crippen molar-refractivity contribution in [1.29, 1.82) is 5.26 Å². The van der Waals surface area contributed by atoms with Crippen molar-refractivity contribution >= 4 is 23.5 Å². The molecule has 1 amide bonds. The fraction of sp³-hybridized carbons (Fsp3) is 0.167. The molecule has 0 aliphatic carbocycles. The monoisotopic (exact) mass is 342 g/mol. The van der Waals surface area contributed by atoms with Crippen molar-refractivity contribution in [3.8, 4) is 6.07 Å². The van der Waals surface area contributed by atoms with Crippen LogP contribution in [0.5, 0.6) is 0 Å². The molecule has 0 saturated heterocycles. The molecule has 1 atom stereocenters. The largest absolute Gasteiger partial charge is 0.467 e. The lowest BCUT2D eigenvalue weighted by molar-refractivity contribution is -0.142. The lowest BCUT2D eigenvalue weighted by Crippen LogP contribution is -2.43. The maximum atomic E-state index is 12.3. The molecule has 0 aliphatic rings. The highest BCUT2D eigenvalue weighted by molar-refractivity contribution is 6.30. The van der Waals surface area contributed by atoms with Gasteiger partial charge in [-0.15, -0.1) is 0 Å². The minimum absolute atomic E-state index is 0.284. The van der Waals surface area contributed by atoms with Crippen molar-refractivity contribution in [3.05, 3.63) is 70.2 Å². The molecule has 1 N–H and O–H groups in total. The van der Waals surface area contributed by atoms with Crippen LogP contribution in [0.1, 0.15) is 21.5 Å². The Bertz CT molecular complexity index is 764. The standard InChI is InChI=1S/C18H15ClN2O3/c1-24-18(23)16(10-12-4-8-15(19)9-5-12)21-17(22)14-6-2-13(11-20)3-7-14/h2-9,16H,10H2,1H3,(H,21,22)/t16-/m1/s1. The summed E-state index contributed by atoms with van der Waals surface area (Å²) in [7, 11) is 1.27. The van der Waals surface area contributed by atoms with E-state index in [2.05, 4.69) is 5.32 Å². The molecule has 0 aliphatic heterocycles. The number of rotatable bonds is 5. The Morgan fingerprint density at radius 2 is 1.79 bits per heavy atom. The maximum Gasteiger partial charge on any atom is 0.328 e. The molecule has 6 heteroatoms. The van der Waals surface area contributed by atoms with E-state index < -0.39 is 17.9 Å². The van der Waals surface area contributed by atoms with Crippen LogP contribution in [0.3, 0.4) is 0 Å². The average molecular weight is 343 g/mol. The number of halogens is 1. The van der Waals surface area contributed by atoms with Gasteiger partial charge in [0.1, 0.15) is 6.04 Å². The maximum absolute atomic E-state index is 12.3. The Morgan fingerprint density at radius 3 is 2.33 bits per heavy atom. The smallest absolute Gasteiger partial charge is 0.328 e. The molecular formula is C18H15ClN2O3. The summed E-state index contributed by atoms with van der Waals surface area (Å²) >= 11 is 5.84. The number of carbonyl (C=O) groups excluding carboxylic acids is 2. The summed E-state index contributed by atoms with van der Waals surface area (Å²) < 4.78 is 4.76. The summed E-state index contributed by atoms with van der Waals surface area (Å²) in [6.45, 7) is 0. The third-order valence-corrected chi connectivity index (χ3v) is 3.67. The zero-order valence-corrected chi connectivity index (χ0v) is 13.7. The number of nitrogens with one attached hydrogen (secondary N) is 1. The predicted octanol–water partition coefficient (Wildman–Crippen LogP) is 2.73. The number of nitriles is 1. The van der Waals surface area contributed by atoms with E-state index in [1.54, 1.807) is 36.4 Å². The molecule has 0 aromatic heterocycles. The Morgan fingerprint density at radius 1 is 1.17 bits per heavy atom. The van der Waals surface area contributed by atoms with Crippen molar-refractivity contribution in [1.82, 2.24) is 5.32 Å². The van der Waals surface area contributed by atoms with Gasteiger partial charge in [0, 0.05) is 17.0 Å². The molecule has 0 spiro atoms. The lowest BCUT2D eigenvalue weighted by Gasteiger charge is -2.16. The normalized spacial score (nSPS) is 11.2. The molecule has 0 radical (unpaired) electrons. The van der Waals surface area contributed by atoms with Crippen LogP contribution in [0, 0.1) is 11.3 Å². The van der Waals surface area contributed by atoms with Gasteiger partial charge in [-0.3, -0.25) is 4.79 Å². The van der Waals surface area contributed by atoms with Gasteiger partial charge >= 0.3 is 5.97 Å². The van der Waals surface area contributed by atoms with Gasteiger partial charge in [-0.2, -0.15) is 5.26 Å². The Labute approximate surface area is 144 Å². The van der Waals surface area contributed by atoms with Crippen molar-refractivity contribution in [2.45, 2.75) is 12.5 Å². The summed E-state index contributed by atoms with van der Waals surface area (Å²) in [4.78, 5) is 24.2. The topological polar surface area (TPSA) is 79.2 Å². The summed E-state index contributed by atoms with van der Waals surface area (Å²) in [5, 5.41) is 12.0. The van der Waals surface area contributed by atoms with Crippen molar-refractivity contribution in [3.63, 3.8) is 0 Å². The number of ether oxygens (including phenoxy) is 1. The first-order valence-electron chi connectivity index (χ1n) is 7.17. The summed E-state index contributed by atoms with van der Waals surface area (Å²) in [5.74, 6) is -0.948. The van der Waals surface area contributed by atoms with Gasteiger partial charge in [0.2, 0.25) is 0 Å². The summed E-state index contributed by atoms with van der Waals surface area (Å²) in [6, 6.07) is 14.3. The van der Waals surface area contributed by atoms with Crippen LogP contribution in [0.15, 0.2) is 48.5 Å². The first-order chi connectivity index (χ1) is 11.5. The van der Waals surface area contributed by atoms with E-state index >= 15 is 0 Å². The van der Waals surface area contributed by atoms with Gasteiger partial charge in [0.25, 0.3) is 5.91 Å². The molecule has 5 nitrogen and oxygen atoms in total. The van der Waals surface area contributed by atoms with Crippen LogP contribution in [-0.4, -0.2) is 25.0 Å². The van der Waals surface area contributed by atoms with E-state index in [0.717, 1.165) is 5.56 Å². The van der Waals surface area contributed by atoms with Gasteiger partial charge in [0.15, 0.2) is 0 Å². The number of esters is 1. The van der Waals surface area contributed by atoms with Crippen molar-refractivity contribution < 1.29 is 14.3 Å². The molecule has 24 heavy (non-hydrogen) atoms. The van der Waals surface area contributed by atoms with E-state index in [1.807, 2.05) is 6.07 Å². The van der Waals surface area contributed by atoms with Gasteiger partial charge in [-0.05, 0) is 42.0 Å². The van der Waals surface area contributed by atoms with Crippen LogP contribution in [-0.2, 0) is 16.0 Å². The molecule has 0 heterocycles. The molecule has 2 aromatic rings. The van der Waals surface area contributed by atoms with Gasteiger partial charge in [0.05, 0.1) is 18.7 Å². The van der Waals surface area contributed by atoms with E-state index in [-0.39, 0.29) is 6.42 Å². The SMILES string of the molecule is COC(=O)[C@@H](Cc1ccc(Cl)cc1)NC(=O)c1ccc(C#N)cc1. The van der Waals surface area contributed by atoms with E-state index in [9.17, 15) is 9.59 Å². The molecule has 0 unspecified atom stereocenters. The molecule has 2 rings (SSSR count). The van der Waals surface area contributed by atoms with Gasteiger partial charge in [-0.1, -0.05) is 23.7 Å². The van der Waals surface area contributed by atoms with Crippen LogP contribution >= 0.6 is 11.6 Å². The Balaban J connectivity index is 2.12. The molecule has 0 bridgehead atoms. The lowest BCUT2D eigenvalue weighted by atomic mass is 10.1. The third-order valence-electron chi connectivity index (χ3n) is 3.42. The van der Waals surface area contributed by atoms with Gasteiger partial charge < -0.3 is 10.1 Å².